The summed E-state index contributed by atoms with van der Waals surface area (Å²) in [4.78, 5) is 7.80. The van der Waals surface area contributed by atoms with E-state index in [1.54, 1.807) is 6.07 Å². The fraction of sp³-hybridized carbons (Fsp3) is 0.556. The lowest BCUT2D eigenvalue weighted by atomic mass is 10.1. The number of nitrogen functional groups attached to an aromatic ring is 1. The molecule has 2 atom stereocenters. The Morgan fingerprint density at radius 3 is 2.79 bits per heavy atom. The largest absolute Gasteiger partial charge is 0.396 e. The van der Waals surface area contributed by atoms with Crippen molar-refractivity contribution in [1.29, 1.82) is 0 Å². The van der Waals surface area contributed by atoms with E-state index in [9.17, 15) is 0 Å². The number of aliphatic hydroxyl groups excluding tert-OH is 1. The lowest BCUT2D eigenvalue weighted by molar-refractivity contribution is 0.226. The Balaban J connectivity index is 2.60. The highest BCUT2D eigenvalue weighted by Gasteiger charge is 2.10. The number of nitrogens with zero attached hydrogens (tertiary/aromatic N) is 2. The third-order valence-corrected chi connectivity index (χ3v) is 2.21. The summed E-state index contributed by atoms with van der Waals surface area (Å²) in [6.45, 7) is 4.09. The number of aromatic nitrogens is 2. The molecule has 5 heteroatoms. The molecule has 0 amide bonds. The van der Waals surface area contributed by atoms with Gasteiger partial charge in [-0.1, -0.05) is 6.92 Å². The molecular weight excluding hydrogens is 180 g/mol. The molecule has 0 radical (unpaired) electrons. The number of anilines is 2. The first kappa shape index (κ1) is 10.7. The van der Waals surface area contributed by atoms with Gasteiger partial charge in [0.25, 0.3) is 0 Å². The van der Waals surface area contributed by atoms with Crippen LogP contribution in [0.15, 0.2) is 12.4 Å². The zero-order valence-corrected chi connectivity index (χ0v) is 8.44. The Kier molecular flexibility index (Phi) is 3.64. The summed E-state index contributed by atoms with van der Waals surface area (Å²) in [7, 11) is 0. The third kappa shape index (κ3) is 2.85. The number of nitrogens with two attached hydrogens (primary N) is 1. The second-order valence-electron chi connectivity index (χ2n) is 3.42. The molecule has 4 N–H and O–H groups in total. The van der Waals surface area contributed by atoms with Gasteiger partial charge in [0.1, 0.15) is 18.0 Å². The molecule has 0 aliphatic rings. The molecule has 1 aromatic heterocycles. The summed E-state index contributed by atoms with van der Waals surface area (Å²) in [5.74, 6) is 1.29. The Labute approximate surface area is 83.4 Å². The minimum atomic E-state index is 0.147. The van der Waals surface area contributed by atoms with E-state index in [1.807, 2.05) is 13.8 Å². The molecule has 0 bridgehead atoms. The topological polar surface area (TPSA) is 84.1 Å². The van der Waals surface area contributed by atoms with Gasteiger partial charge in [0.05, 0.1) is 0 Å². The zero-order chi connectivity index (χ0) is 10.6. The van der Waals surface area contributed by atoms with E-state index >= 15 is 0 Å². The van der Waals surface area contributed by atoms with Crippen LogP contribution < -0.4 is 11.1 Å². The highest BCUT2D eigenvalue weighted by Crippen LogP contribution is 2.10. The molecular formula is C9H16N4O. The normalized spacial score (nSPS) is 14.8. The van der Waals surface area contributed by atoms with Gasteiger partial charge in [-0.3, -0.25) is 0 Å². The van der Waals surface area contributed by atoms with Gasteiger partial charge in [-0.05, 0) is 12.8 Å². The summed E-state index contributed by atoms with van der Waals surface area (Å²) in [6.07, 6.45) is 1.41. The molecule has 0 spiro atoms. The van der Waals surface area contributed by atoms with Crippen LogP contribution in [0.1, 0.15) is 13.8 Å². The highest BCUT2D eigenvalue weighted by atomic mass is 16.3. The van der Waals surface area contributed by atoms with Crippen LogP contribution in [0, 0.1) is 5.92 Å². The van der Waals surface area contributed by atoms with Crippen molar-refractivity contribution in [3.05, 3.63) is 12.4 Å². The molecule has 5 nitrogen and oxygen atoms in total. The van der Waals surface area contributed by atoms with Gasteiger partial charge in [0.15, 0.2) is 0 Å². The van der Waals surface area contributed by atoms with E-state index in [4.69, 9.17) is 10.8 Å². The van der Waals surface area contributed by atoms with E-state index in [0.717, 1.165) is 0 Å². The van der Waals surface area contributed by atoms with Crippen molar-refractivity contribution in [2.45, 2.75) is 19.9 Å². The number of nitrogens with one attached hydrogen (secondary N) is 1. The maximum absolute atomic E-state index is 8.94. The highest BCUT2D eigenvalue weighted by molar-refractivity contribution is 5.43. The van der Waals surface area contributed by atoms with Gasteiger partial charge in [-0.25, -0.2) is 9.97 Å². The minimum Gasteiger partial charge on any atom is -0.396 e. The lowest BCUT2D eigenvalue weighted by Gasteiger charge is -2.19. The summed E-state index contributed by atoms with van der Waals surface area (Å²) in [5.41, 5.74) is 5.50. The lowest BCUT2D eigenvalue weighted by Crippen LogP contribution is -2.26. The van der Waals surface area contributed by atoms with Gasteiger partial charge < -0.3 is 16.2 Å². The summed E-state index contributed by atoms with van der Waals surface area (Å²) >= 11 is 0. The van der Waals surface area contributed by atoms with Crippen molar-refractivity contribution >= 4 is 11.6 Å². The second kappa shape index (κ2) is 4.76. The zero-order valence-electron chi connectivity index (χ0n) is 8.44. The molecule has 0 fully saturated rings. The summed E-state index contributed by atoms with van der Waals surface area (Å²) < 4.78 is 0. The first-order valence-corrected chi connectivity index (χ1v) is 4.58. The fourth-order valence-electron chi connectivity index (χ4n) is 0.985. The van der Waals surface area contributed by atoms with Crippen LogP contribution in [0.4, 0.5) is 11.6 Å². The average Bonchev–Trinajstić information content (AvgIpc) is 2.16. The molecule has 0 saturated heterocycles. The van der Waals surface area contributed by atoms with E-state index < -0.39 is 0 Å². The second-order valence-corrected chi connectivity index (χ2v) is 3.42. The first-order chi connectivity index (χ1) is 6.63. The van der Waals surface area contributed by atoms with Crippen LogP contribution in [0.3, 0.4) is 0 Å². The van der Waals surface area contributed by atoms with E-state index in [2.05, 4.69) is 15.3 Å². The number of hydrogen-bond acceptors (Lipinski definition) is 5. The molecule has 78 valence electrons. The maximum atomic E-state index is 8.94. The van der Waals surface area contributed by atoms with Crippen molar-refractivity contribution < 1.29 is 5.11 Å². The van der Waals surface area contributed by atoms with E-state index in [-0.39, 0.29) is 18.6 Å². The fourth-order valence-corrected chi connectivity index (χ4v) is 0.985. The van der Waals surface area contributed by atoms with Crippen molar-refractivity contribution in [2.24, 2.45) is 5.92 Å². The van der Waals surface area contributed by atoms with Crippen LogP contribution in [0.5, 0.6) is 0 Å². The molecule has 14 heavy (non-hydrogen) atoms. The number of hydrogen-bond donors (Lipinski definition) is 3. The average molecular weight is 196 g/mol. The molecule has 0 aromatic carbocycles. The molecule has 2 unspecified atom stereocenters. The smallest absolute Gasteiger partial charge is 0.131 e. The van der Waals surface area contributed by atoms with Crippen molar-refractivity contribution in [3.63, 3.8) is 0 Å². The summed E-state index contributed by atoms with van der Waals surface area (Å²) in [6, 6.07) is 1.81. The van der Waals surface area contributed by atoms with Crippen molar-refractivity contribution in [3.8, 4) is 0 Å². The van der Waals surface area contributed by atoms with Crippen molar-refractivity contribution in [1.82, 2.24) is 9.97 Å². The van der Waals surface area contributed by atoms with E-state index in [1.165, 1.54) is 6.33 Å². The number of aliphatic hydroxyl groups is 1. The van der Waals surface area contributed by atoms with Crippen molar-refractivity contribution in [2.75, 3.05) is 17.7 Å². The molecule has 0 aliphatic heterocycles. The van der Waals surface area contributed by atoms with Gasteiger partial charge in [0.2, 0.25) is 0 Å². The number of rotatable bonds is 4. The molecule has 1 rings (SSSR count). The maximum Gasteiger partial charge on any atom is 0.131 e. The van der Waals surface area contributed by atoms with Crippen LogP contribution in [-0.2, 0) is 0 Å². The Morgan fingerprint density at radius 2 is 2.21 bits per heavy atom. The predicted octanol–water partition coefficient (Wildman–Crippen LogP) is 0.488. The van der Waals surface area contributed by atoms with Gasteiger partial charge in [0, 0.05) is 18.7 Å². The van der Waals surface area contributed by atoms with Crippen LogP contribution in [0.25, 0.3) is 0 Å². The Hall–Kier alpha value is -1.36. The van der Waals surface area contributed by atoms with Crippen LogP contribution in [-0.4, -0.2) is 27.7 Å². The third-order valence-electron chi connectivity index (χ3n) is 2.21. The Bertz CT molecular complexity index is 292. The minimum absolute atomic E-state index is 0.147. The van der Waals surface area contributed by atoms with Gasteiger partial charge in [-0.2, -0.15) is 0 Å². The Morgan fingerprint density at radius 1 is 1.50 bits per heavy atom. The van der Waals surface area contributed by atoms with Gasteiger partial charge >= 0.3 is 0 Å². The quantitative estimate of drug-likeness (QED) is 0.652. The first-order valence-electron chi connectivity index (χ1n) is 4.58. The standard InChI is InChI=1S/C9H16N4O/c1-6(4-14)7(2)13-9-3-8(10)11-5-12-9/h3,5-7,14H,4H2,1-2H3,(H3,10,11,12,13). The SMILES string of the molecule is CC(CO)C(C)Nc1cc(N)ncn1. The van der Waals surface area contributed by atoms with Crippen LogP contribution in [0.2, 0.25) is 0 Å². The van der Waals surface area contributed by atoms with Gasteiger partial charge in [-0.15, -0.1) is 0 Å². The molecule has 1 heterocycles. The monoisotopic (exact) mass is 196 g/mol. The molecule has 1 aromatic rings. The van der Waals surface area contributed by atoms with Crippen LogP contribution >= 0.6 is 0 Å². The van der Waals surface area contributed by atoms with E-state index in [0.29, 0.717) is 11.6 Å². The predicted molar refractivity (Wildman–Crippen MR) is 55.8 cm³/mol. The molecule has 0 aliphatic carbocycles. The summed E-state index contributed by atoms with van der Waals surface area (Å²) in [5, 5.41) is 12.1. The molecule has 0 saturated carbocycles.